The van der Waals surface area contributed by atoms with Crippen LogP contribution >= 0.6 is 0 Å². The van der Waals surface area contributed by atoms with Crippen molar-refractivity contribution in [3.63, 3.8) is 0 Å². The molecule has 92 valence electrons. The molecule has 3 nitrogen and oxygen atoms in total. The Morgan fingerprint density at radius 2 is 2.17 bits per heavy atom. The van der Waals surface area contributed by atoms with Gasteiger partial charge in [0, 0.05) is 37.7 Å². The molecule has 3 rings (SSSR count). The van der Waals surface area contributed by atoms with Crippen molar-refractivity contribution in [3.8, 4) is 0 Å². The van der Waals surface area contributed by atoms with Gasteiger partial charge in [0.15, 0.2) is 0 Å². The average Bonchev–Trinajstić information content (AvgIpc) is 2.40. The lowest BCUT2D eigenvalue weighted by Gasteiger charge is -2.28. The monoisotopic (exact) mass is 239 g/mol. The van der Waals surface area contributed by atoms with Crippen LogP contribution in [0.3, 0.4) is 0 Å². The quantitative estimate of drug-likeness (QED) is 0.817. The molecule has 0 radical (unpaired) electrons. The van der Waals surface area contributed by atoms with E-state index < -0.39 is 0 Å². The predicted molar refractivity (Wildman–Crippen MR) is 72.9 cm³/mol. The fourth-order valence-corrected chi connectivity index (χ4v) is 2.52. The van der Waals surface area contributed by atoms with E-state index in [2.05, 4.69) is 28.1 Å². The molecule has 2 heterocycles. The van der Waals surface area contributed by atoms with Crippen LogP contribution in [0.2, 0.25) is 0 Å². The average molecular weight is 239 g/mol. The van der Waals surface area contributed by atoms with Gasteiger partial charge < -0.3 is 5.73 Å². The van der Waals surface area contributed by atoms with Gasteiger partial charge in [-0.25, -0.2) is 0 Å². The summed E-state index contributed by atoms with van der Waals surface area (Å²) >= 11 is 0. The second kappa shape index (κ2) is 4.78. The van der Waals surface area contributed by atoms with Crippen molar-refractivity contribution in [2.24, 2.45) is 0 Å². The molecular formula is C15H17N3. The molecular weight excluding hydrogens is 222 g/mol. The van der Waals surface area contributed by atoms with Crippen molar-refractivity contribution < 1.29 is 0 Å². The zero-order chi connectivity index (χ0) is 12.4. The van der Waals surface area contributed by atoms with Crippen molar-refractivity contribution in [1.29, 1.82) is 0 Å². The molecule has 2 aromatic rings. The maximum atomic E-state index is 5.82. The SMILES string of the molecule is Nc1ccc2c(c1)CCN(Cc1cccnc1)C2. The number of rotatable bonds is 2. The third-order valence-corrected chi connectivity index (χ3v) is 3.45. The van der Waals surface area contributed by atoms with Crippen LogP contribution in [0.1, 0.15) is 16.7 Å². The Kier molecular flexibility index (Phi) is 2.99. The summed E-state index contributed by atoms with van der Waals surface area (Å²) in [4.78, 5) is 6.62. The minimum atomic E-state index is 0.870. The third kappa shape index (κ3) is 2.36. The summed E-state index contributed by atoms with van der Waals surface area (Å²) in [7, 11) is 0. The molecule has 1 aromatic carbocycles. The first kappa shape index (κ1) is 11.2. The Morgan fingerprint density at radius 3 is 3.00 bits per heavy atom. The topological polar surface area (TPSA) is 42.1 Å². The molecule has 18 heavy (non-hydrogen) atoms. The largest absolute Gasteiger partial charge is 0.399 e. The van der Waals surface area contributed by atoms with E-state index in [9.17, 15) is 0 Å². The highest BCUT2D eigenvalue weighted by atomic mass is 15.1. The van der Waals surface area contributed by atoms with Gasteiger partial charge in [-0.1, -0.05) is 12.1 Å². The third-order valence-electron chi connectivity index (χ3n) is 3.45. The Hall–Kier alpha value is -1.87. The van der Waals surface area contributed by atoms with E-state index in [0.29, 0.717) is 0 Å². The summed E-state index contributed by atoms with van der Waals surface area (Å²) in [5.41, 5.74) is 10.8. The van der Waals surface area contributed by atoms with Gasteiger partial charge in [0.25, 0.3) is 0 Å². The molecule has 1 aliphatic rings. The van der Waals surface area contributed by atoms with Crippen molar-refractivity contribution in [2.75, 3.05) is 12.3 Å². The molecule has 1 aromatic heterocycles. The number of fused-ring (bicyclic) bond motifs is 1. The zero-order valence-electron chi connectivity index (χ0n) is 10.3. The van der Waals surface area contributed by atoms with Crippen LogP contribution in [-0.4, -0.2) is 16.4 Å². The van der Waals surface area contributed by atoms with E-state index >= 15 is 0 Å². The zero-order valence-corrected chi connectivity index (χ0v) is 10.3. The van der Waals surface area contributed by atoms with Crippen molar-refractivity contribution in [2.45, 2.75) is 19.5 Å². The van der Waals surface area contributed by atoms with Crippen molar-refractivity contribution >= 4 is 5.69 Å². The Bertz CT molecular complexity index is 537. The normalized spacial score (nSPS) is 15.3. The van der Waals surface area contributed by atoms with Gasteiger partial charge >= 0.3 is 0 Å². The molecule has 0 amide bonds. The molecule has 0 unspecified atom stereocenters. The van der Waals surface area contributed by atoms with E-state index in [1.807, 2.05) is 24.5 Å². The van der Waals surface area contributed by atoms with Crippen LogP contribution in [0.5, 0.6) is 0 Å². The summed E-state index contributed by atoms with van der Waals surface area (Å²) in [6, 6.07) is 10.4. The molecule has 0 bridgehead atoms. The van der Waals surface area contributed by atoms with E-state index in [1.165, 1.54) is 16.7 Å². The number of benzene rings is 1. The number of hydrogen-bond acceptors (Lipinski definition) is 3. The van der Waals surface area contributed by atoms with Gasteiger partial charge in [0.1, 0.15) is 0 Å². The molecule has 0 saturated heterocycles. The fraction of sp³-hybridized carbons (Fsp3) is 0.267. The van der Waals surface area contributed by atoms with E-state index in [4.69, 9.17) is 5.73 Å². The van der Waals surface area contributed by atoms with Gasteiger partial charge in [0.05, 0.1) is 0 Å². The summed E-state index contributed by atoms with van der Waals surface area (Å²) in [5, 5.41) is 0. The number of nitrogens with two attached hydrogens (primary N) is 1. The Labute approximate surface area is 107 Å². The summed E-state index contributed by atoms with van der Waals surface area (Å²) in [6.45, 7) is 3.06. The van der Waals surface area contributed by atoms with Crippen LogP contribution in [-0.2, 0) is 19.5 Å². The molecule has 2 N–H and O–H groups in total. The lowest BCUT2D eigenvalue weighted by Crippen LogP contribution is -2.30. The number of nitrogen functional groups attached to an aromatic ring is 1. The predicted octanol–water partition coefficient (Wildman–Crippen LogP) is 2.22. The molecule has 0 atom stereocenters. The molecule has 3 heteroatoms. The number of anilines is 1. The van der Waals surface area contributed by atoms with Gasteiger partial charge in [-0.2, -0.15) is 0 Å². The minimum absolute atomic E-state index is 0.870. The lowest BCUT2D eigenvalue weighted by atomic mass is 9.99. The van der Waals surface area contributed by atoms with Gasteiger partial charge in [-0.05, 0) is 41.3 Å². The molecule has 0 spiro atoms. The maximum Gasteiger partial charge on any atom is 0.0316 e. The van der Waals surface area contributed by atoms with Gasteiger partial charge in [-0.3, -0.25) is 9.88 Å². The molecule has 0 aliphatic carbocycles. The highest BCUT2D eigenvalue weighted by molar-refractivity contribution is 5.45. The van der Waals surface area contributed by atoms with Crippen LogP contribution in [0.25, 0.3) is 0 Å². The number of nitrogens with zero attached hydrogens (tertiary/aromatic N) is 2. The van der Waals surface area contributed by atoms with Gasteiger partial charge in [0.2, 0.25) is 0 Å². The van der Waals surface area contributed by atoms with E-state index in [1.54, 1.807) is 0 Å². The minimum Gasteiger partial charge on any atom is -0.399 e. The summed E-state index contributed by atoms with van der Waals surface area (Å²) < 4.78 is 0. The fourth-order valence-electron chi connectivity index (χ4n) is 2.52. The molecule has 0 fully saturated rings. The van der Waals surface area contributed by atoms with E-state index in [0.717, 1.165) is 31.7 Å². The van der Waals surface area contributed by atoms with Crippen molar-refractivity contribution in [3.05, 3.63) is 59.4 Å². The second-order valence-corrected chi connectivity index (χ2v) is 4.85. The number of pyridine rings is 1. The first-order valence-corrected chi connectivity index (χ1v) is 6.30. The van der Waals surface area contributed by atoms with Crippen LogP contribution in [0.15, 0.2) is 42.7 Å². The van der Waals surface area contributed by atoms with Crippen LogP contribution in [0, 0.1) is 0 Å². The molecule has 1 aliphatic heterocycles. The van der Waals surface area contributed by atoms with Gasteiger partial charge in [-0.15, -0.1) is 0 Å². The highest BCUT2D eigenvalue weighted by Gasteiger charge is 2.16. The van der Waals surface area contributed by atoms with Crippen LogP contribution in [0.4, 0.5) is 5.69 Å². The standard InChI is InChI=1S/C15H17N3/c16-15-4-3-14-11-18(7-5-13(14)8-15)10-12-2-1-6-17-9-12/h1-4,6,8-9H,5,7,10-11,16H2. The molecule has 0 saturated carbocycles. The Morgan fingerprint density at radius 1 is 1.22 bits per heavy atom. The van der Waals surface area contributed by atoms with E-state index in [-0.39, 0.29) is 0 Å². The second-order valence-electron chi connectivity index (χ2n) is 4.85. The summed E-state index contributed by atoms with van der Waals surface area (Å²) in [5.74, 6) is 0. The summed E-state index contributed by atoms with van der Waals surface area (Å²) in [6.07, 6.45) is 4.84. The maximum absolute atomic E-state index is 5.82. The highest BCUT2D eigenvalue weighted by Crippen LogP contribution is 2.22. The first-order chi connectivity index (χ1) is 8.81. The van der Waals surface area contributed by atoms with Crippen molar-refractivity contribution in [1.82, 2.24) is 9.88 Å². The Balaban J connectivity index is 1.73. The number of hydrogen-bond donors (Lipinski definition) is 1. The lowest BCUT2D eigenvalue weighted by molar-refractivity contribution is 0.245. The number of aromatic nitrogens is 1. The van der Waals surface area contributed by atoms with Crippen LogP contribution < -0.4 is 5.73 Å². The smallest absolute Gasteiger partial charge is 0.0316 e. The first-order valence-electron chi connectivity index (χ1n) is 6.30.